The number of carbonyl (C=O) groups excluding carboxylic acids is 1. The van der Waals surface area contributed by atoms with Gasteiger partial charge in [-0.2, -0.15) is 0 Å². The van der Waals surface area contributed by atoms with E-state index >= 15 is 0 Å². The Kier molecular flexibility index (Phi) is 5.32. The minimum Gasteiger partial charge on any atom is -0.340 e. The molecule has 0 spiro atoms. The number of rotatable bonds is 5. The van der Waals surface area contributed by atoms with Gasteiger partial charge in [0.1, 0.15) is 17.3 Å². The van der Waals surface area contributed by atoms with Gasteiger partial charge < -0.3 is 10.2 Å². The van der Waals surface area contributed by atoms with Crippen LogP contribution in [0.5, 0.6) is 0 Å². The molecule has 0 atom stereocenters. The molecule has 0 radical (unpaired) electrons. The molecule has 5 nitrogen and oxygen atoms in total. The zero-order valence-electron chi connectivity index (χ0n) is 14.5. The van der Waals surface area contributed by atoms with E-state index in [-0.39, 0.29) is 5.91 Å². The molecule has 0 aliphatic heterocycles. The first kappa shape index (κ1) is 16.9. The van der Waals surface area contributed by atoms with E-state index in [0.29, 0.717) is 30.4 Å². The molecular weight excluding hydrogens is 288 g/mol. The molecule has 0 saturated heterocycles. The van der Waals surface area contributed by atoms with Gasteiger partial charge in [0.2, 0.25) is 0 Å². The Morgan fingerprint density at radius 3 is 2.17 bits per heavy atom. The van der Waals surface area contributed by atoms with E-state index in [1.54, 1.807) is 17.9 Å². The molecule has 0 aliphatic rings. The maximum Gasteiger partial charge on any atom is 0.272 e. The van der Waals surface area contributed by atoms with Crippen LogP contribution >= 0.6 is 0 Å². The van der Waals surface area contributed by atoms with Crippen molar-refractivity contribution >= 4 is 17.4 Å². The summed E-state index contributed by atoms with van der Waals surface area (Å²) in [6.07, 6.45) is 0. The van der Waals surface area contributed by atoms with Crippen LogP contribution in [0, 0.1) is 20.8 Å². The van der Waals surface area contributed by atoms with Gasteiger partial charge in [0.25, 0.3) is 5.91 Å². The monoisotopic (exact) mass is 312 g/mol. The Bertz CT molecular complexity index is 688. The summed E-state index contributed by atoms with van der Waals surface area (Å²) >= 11 is 0. The summed E-state index contributed by atoms with van der Waals surface area (Å²) in [7, 11) is 0. The van der Waals surface area contributed by atoms with Gasteiger partial charge in [-0.25, -0.2) is 9.97 Å². The van der Waals surface area contributed by atoms with Crippen LogP contribution in [0.25, 0.3) is 0 Å². The largest absolute Gasteiger partial charge is 0.340 e. The SMILES string of the molecule is CCN(CC)C(=O)c1cc(Nc2cc(C)cc(C)c2)nc(C)n1. The molecule has 1 N–H and O–H groups in total. The average Bonchev–Trinajstić information content (AvgIpc) is 2.46. The number of benzene rings is 1. The zero-order valence-corrected chi connectivity index (χ0v) is 14.5. The fraction of sp³-hybridized carbons (Fsp3) is 0.389. The van der Waals surface area contributed by atoms with Crippen LogP contribution in [-0.4, -0.2) is 33.9 Å². The highest BCUT2D eigenvalue weighted by Crippen LogP contribution is 2.19. The predicted octanol–water partition coefficient (Wildman–Crippen LogP) is 3.63. The molecular formula is C18H24N4O. The summed E-state index contributed by atoms with van der Waals surface area (Å²) in [6.45, 7) is 11.2. The van der Waals surface area contributed by atoms with Crippen LogP contribution in [-0.2, 0) is 0 Å². The maximum atomic E-state index is 12.5. The molecule has 0 bridgehead atoms. The molecule has 5 heteroatoms. The van der Waals surface area contributed by atoms with Crippen molar-refractivity contribution in [1.29, 1.82) is 0 Å². The second kappa shape index (κ2) is 7.22. The van der Waals surface area contributed by atoms with Crippen molar-refractivity contribution in [3.8, 4) is 0 Å². The van der Waals surface area contributed by atoms with E-state index in [1.165, 1.54) is 11.1 Å². The molecule has 0 saturated carbocycles. The Morgan fingerprint density at radius 1 is 1.00 bits per heavy atom. The van der Waals surface area contributed by atoms with Crippen molar-refractivity contribution < 1.29 is 4.79 Å². The number of aryl methyl sites for hydroxylation is 3. The minimum atomic E-state index is -0.0658. The Morgan fingerprint density at radius 2 is 1.61 bits per heavy atom. The van der Waals surface area contributed by atoms with Crippen molar-refractivity contribution in [3.63, 3.8) is 0 Å². The lowest BCUT2D eigenvalue weighted by molar-refractivity contribution is 0.0766. The van der Waals surface area contributed by atoms with Gasteiger partial charge in [-0.3, -0.25) is 4.79 Å². The Labute approximate surface area is 137 Å². The third-order valence-electron chi connectivity index (χ3n) is 3.60. The molecule has 1 aromatic heterocycles. The van der Waals surface area contributed by atoms with E-state index in [0.717, 1.165) is 5.69 Å². The summed E-state index contributed by atoms with van der Waals surface area (Å²) in [5.74, 6) is 1.15. The third kappa shape index (κ3) is 4.28. The van der Waals surface area contributed by atoms with E-state index in [4.69, 9.17) is 0 Å². The van der Waals surface area contributed by atoms with E-state index in [1.807, 2.05) is 13.8 Å². The van der Waals surface area contributed by atoms with Crippen LogP contribution in [0.15, 0.2) is 24.3 Å². The van der Waals surface area contributed by atoms with Gasteiger partial charge in [0, 0.05) is 24.8 Å². The summed E-state index contributed by atoms with van der Waals surface area (Å²) in [5.41, 5.74) is 3.74. The highest BCUT2D eigenvalue weighted by Gasteiger charge is 2.16. The van der Waals surface area contributed by atoms with Crippen LogP contribution in [0.4, 0.5) is 11.5 Å². The second-order valence-electron chi connectivity index (χ2n) is 5.66. The number of aromatic nitrogens is 2. The third-order valence-corrected chi connectivity index (χ3v) is 3.60. The fourth-order valence-electron chi connectivity index (χ4n) is 2.61. The van der Waals surface area contributed by atoms with Gasteiger partial charge >= 0.3 is 0 Å². The lowest BCUT2D eigenvalue weighted by Crippen LogP contribution is -2.31. The molecule has 2 rings (SSSR count). The number of hydrogen-bond donors (Lipinski definition) is 1. The number of carbonyl (C=O) groups is 1. The lowest BCUT2D eigenvalue weighted by Gasteiger charge is -2.18. The molecule has 23 heavy (non-hydrogen) atoms. The van der Waals surface area contributed by atoms with Crippen molar-refractivity contribution in [2.75, 3.05) is 18.4 Å². The Balaban J connectivity index is 2.31. The lowest BCUT2D eigenvalue weighted by atomic mass is 10.1. The normalized spacial score (nSPS) is 10.5. The van der Waals surface area contributed by atoms with Gasteiger partial charge in [0.05, 0.1) is 0 Å². The predicted molar refractivity (Wildman–Crippen MR) is 93.2 cm³/mol. The molecule has 1 amide bonds. The quantitative estimate of drug-likeness (QED) is 0.916. The molecule has 0 fully saturated rings. The van der Waals surface area contributed by atoms with Crippen molar-refractivity contribution in [2.45, 2.75) is 34.6 Å². The summed E-state index contributed by atoms with van der Waals surface area (Å²) < 4.78 is 0. The molecule has 1 aromatic carbocycles. The molecule has 0 aliphatic carbocycles. The first-order valence-corrected chi connectivity index (χ1v) is 7.93. The van der Waals surface area contributed by atoms with E-state index in [2.05, 4.69) is 47.3 Å². The summed E-state index contributed by atoms with van der Waals surface area (Å²) in [6, 6.07) is 7.93. The number of hydrogen-bond acceptors (Lipinski definition) is 4. The van der Waals surface area contributed by atoms with E-state index in [9.17, 15) is 4.79 Å². The minimum absolute atomic E-state index is 0.0658. The van der Waals surface area contributed by atoms with Crippen LogP contribution in [0.2, 0.25) is 0 Å². The van der Waals surface area contributed by atoms with Crippen molar-refractivity contribution in [1.82, 2.24) is 14.9 Å². The number of anilines is 2. The molecule has 122 valence electrons. The van der Waals surface area contributed by atoms with Gasteiger partial charge in [0.15, 0.2) is 0 Å². The highest BCUT2D eigenvalue weighted by atomic mass is 16.2. The number of nitrogens with zero attached hydrogens (tertiary/aromatic N) is 3. The summed E-state index contributed by atoms with van der Waals surface area (Å²) in [5, 5.41) is 3.27. The average molecular weight is 312 g/mol. The zero-order chi connectivity index (χ0) is 17.0. The van der Waals surface area contributed by atoms with Crippen LogP contribution in [0.3, 0.4) is 0 Å². The second-order valence-corrected chi connectivity index (χ2v) is 5.66. The fourth-order valence-corrected chi connectivity index (χ4v) is 2.61. The number of amides is 1. The van der Waals surface area contributed by atoms with Crippen molar-refractivity contribution in [2.24, 2.45) is 0 Å². The van der Waals surface area contributed by atoms with Gasteiger partial charge in [-0.05, 0) is 57.9 Å². The van der Waals surface area contributed by atoms with Gasteiger partial charge in [-0.1, -0.05) is 6.07 Å². The summed E-state index contributed by atoms with van der Waals surface area (Å²) in [4.78, 5) is 22.9. The first-order valence-electron chi connectivity index (χ1n) is 7.93. The highest BCUT2D eigenvalue weighted by molar-refractivity contribution is 5.93. The van der Waals surface area contributed by atoms with Crippen molar-refractivity contribution in [3.05, 3.63) is 46.9 Å². The van der Waals surface area contributed by atoms with Crippen LogP contribution < -0.4 is 5.32 Å². The molecule has 1 heterocycles. The first-order chi connectivity index (χ1) is 10.9. The molecule has 2 aromatic rings. The smallest absolute Gasteiger partial charge is 0.272 e. The standard InChI is InChI=1S/C18H24N4O/c1-6-22(7-2)18(23)16-11-17(20-14(5)19-16)21-15-9-12(3)8-13(4)10-15/h8-11H,6-7H2,1-5H3,(H,19,20,21). The van der Waals surface area contributed by atoms with Gasteiger partial charge in [-0.15, -0.1) is 0 Å². The van der Waals surface area contributed by atoms with E-state index < -0.39 is 0 Å². The number of nitrogens with one attached hydrogen (secondary N) is 1. The topological polar surface area (TPSA) is 58.1 Å². The van der Waals surface area contributed by atoms with Crippen LogP contribution in [0.1, 0.15) is 41.3 Å². The maximum absolute atomic E-state index is 12.5. The Hall–Kier alpha value is -2.43. The molecule has 0 unspecified atom stereocenters.